The molecule has 0 aromatic heterocycles. The molecule has 0 aromatic carbocycles. The van der Waals surface area contributed by atoms with Crippen LogP contribution in [0.2, 0.25) is 0 Å². The Balaban J connectivity index is 2.75. The van der Waals surface area contributed by atoms with E-state index in [1.165, 1.54) is 0 Å². The number of hydrogen-bond donors (Lipinski definition) is 2. The van der Waals surface area contributed by atoms with E-state index in [2.05, 4.69) is 5.32 Å². The molecule has 1 fully saturated rings. The van der Waals surface area contributed by atoms with Gasteiger partial charge in [0.15, 0.2) is 0 Å². The van der Waals surface area contributed by atoms with Crippen LogP contribution in [-0.4, -0.2) is 31.2 Å². The maximum atomic E-state index is 11.5. The van der Waals surface area contributed by atoms with E-state index in [0.29, 0.717) is 12.6 Å². The van der Waals surface area contributed by atoms with Crippen molar-refractivity contribution in [2.45, 2.75) is 38.3 Å². The normalized spacial score (nSPS) is 20.9. The molecule has 4 heteroatoms. The summed E-state index contributed by atoms with van der Waals surface area (Å²) in [5.74, 6) is -0.179. The summed E-state index contributed by atoms with van der Waals surface area (Å²) in [4.78, 5) is 11.5. The lowest BCUT2D eigenvalue weighted by Gasteiger charge is -2.35. The zero-order valence-electron chi connectivity index (χ0n) is 9.17. The smallest absolute Gasteiger partial charge is 0.240 e. The molecule has 0 spiro atoms. The summed E-state index contributed by atoms with van der Waals surface area (Å²) in [5, 5.41) is 3.30. The number of carbonyl (C=O) groups is 1. The Labute approximate surface area is 85.2 Å². The maximum absolute atomic E-state index is 11.5. The fourth-order valence-electron chi connectivity index (χ4n) is 1.62. The molecule has 3 N–H and O–H groups in total. The van der Waals surface area contributed by atoms with E-state index in [9.17, 15) is 4.79 Å². The van der Waals surface area contributed by atoms with E-state index < -0.39 is 5.54 Å². The minimum absolute atomic E-state index is 0.139. The summed E-state index contributed by atoms with van der Waals surface area (Å²) < 4.78 is 5.10. The number of primary amides is 1. The summed E-state index contributed by atoms with van der Waals surface area (Å²) in [5.41, 5.74) is 4.75. The number of nitrogens with two attached hydrogens (primary N) is 1. The molecule has 1 amide bonds. The molecule has 82 valence electrons. The van der Waals surface area contributed by atoms with E-state index in [1.54, 1.807) is 7.11 Å². The summed E-state index contributed by atoms with van der Waals surface area (Å²) in [6, 6.07) is 0.444. The fourth-order valence-corrected chi connectivity index (χ4v) is 1.62. The third-order valence-corrected chi connectivity index (χ3v) is 2.84. The lowest BCUT2D eigenvalue weighted by molar-refractivity contribution is -0.129. The van der Waals surface area contributed by atoms with Gasteiger partial charge in [-0.05, 0) is 18.8 Å². The third-order valence-electron chi connectivity index (χ3n) is 2.84. The summed E-state index contributed by atoms with van der Waals surface area (Å²) in [7, 11) is 1.59. The van der Waals surface area contributed by atoms with Gasteiger partial charge >= 0.3 is 0 Å². The van der Waals surface area contributed by atoms with Crippen molar-refractivity contribution in [3.63, 3.8) is 0 Å². The maximum Gasteiger partial charge on any atom is 0.240 e. The second-order valence-corrected chi connectivity index (χ2v) is 4.34. The van der Waals surface area contributed by atoms with Gasteiger partial charge in [0.2, 0.25) is 5.91 Å². The van der Waals surface area contributed by atoms with Crippen LogP contribution in [0, 0.1) is 5.92 Å². The topological polar surface area (TPSA) is 64.3 Å². The quantitative estimate of drug-likeness (QED) is 0.646. The molecule has 1 rings (SSSR count). The van der Waals surface area contributed by atoms with Crippen LogP contribution in [0.15, 0.2) is 0 Å². The molecule has 4 nitrogen and oxygen atoms in total. The predicted octanol–water partition coefficient (Wildman–Crippen LogP) is 0.265. The van der Waals surface area contributed by atoms with E-state index in [4.69, 9.17) is 10.5 Å². The summed E-state index contributed by atoms with van der Waals surface area (Å²) >= 11 is 0. The third kappa shape index (κ3) is 2.25. The molecule has 0 radical (unpaired) electrons. The lowest BCUT2D eigenvalue weighted by Crippen LogP contribution is -2.62. The molecule has 0 saturated heterocycles. The Hall–Kier alpha value is -0.610. The highest BCUT2D eigenvalue weighted by molar-refractivity contribution is 5.85. The van der Waals surface area contributed by atoms with Crippen molar-refractivity contribution < 1.29 is 9.53 Å². The van der Waals surface area contributed by atoms with Crippen LogP contribution in [0.5, 0.6) is 0 Å². The number of rotatable bonds is 6. The van der Waals surface area contributed by atoms with Crippen molar-refractivity contribution in [3.8, 4) is 0 Å². The molecule has 14 heavy (non-hydrogen) atoms. The van der Waals surface area contributed by atoms with Crippen molar-refractivity contribution in [2.24, 2.45) is 11.7 Å². The van der Waals surface area contributed by atoms with Gasteiger partial charge in [0.1, 0.15) is 5.54 Å². The Kier molecular flexibility index (Phi) is 3.50. The van der Waals surface area contributed by atoms with Gasteiger partial charge < -0.3 is 10.5 Å². The molecular formula is C10H20N2O2. The monoisotopic (exact) mass is 200 g/mol. The second kappa shape index (κ2) is 4.28. The van der Waals surface area contributed by atoms with E-state index in [0.717, 1.165) is 12.8 Å². The molecular weight excluding hydrogens is 180 g/mol. The van der Waals surface area contributed by atoms with Crippen LogP contribution in [0.3, 0.4) is 0 Å². The van der Waals surface area contributed by atoms with Gasteiger partial charge in [-0.3, -0.25) is 10.1 Å². The first-order valence-electron chi connectivity index (χ1n) is 5.09. The van der Waals surface area contributed by atoms with Crippen molar-refractivity contribution >= 4 is 5.91 Å². The number of amides is 1. The Bertz CT molecular complexity index is 214. The highest BCUT2D eigenvalue weighted by atomic mass is 16.5. The standard InChI is InChI=1S/C10H20N2O2/c1-7(2)10(6-14-3,9(11)13)12-8-4-5-8/h7-8,12H,4-6H2,1-3H3,(H2,11,13). The summed E-state index contributed by atoms with van der Waals surface area (Å²) in [6.45, 7) is 4.31. The first-order chi connectivity index (χ1) is 6.53. The number of nitrogens with one attached hydrogen (secondary N) is 1. The van der Waals surface area contributed by atoms with E-state index in [1.807, 2.05) is 13.8 Å². The molecule has 1 aliphatic carbocycles. The van der Waals surface area contributed by atoms with Gasteiger partial charge in [0.25, 0.3) is 0 Å². The predicted molar refractivity (Wildman–Crippen MR) is 54.8 cm³/mol. The van der Waals surface area contributed by atoms with Crippen LogP contribution in [0.1, 0.15) is 26.7 Å². The highest BCUT2D eigenvalue weighted by Gasteiger charge is 2.43. The van der Waals surface area contributed by atoms with Crippen LogP contribution in [0.25, 0.3) is 0 Å². The molecule has 1 aliphatic rings. The van der Waals surface area contributed by atoms with Gasteiger partial charge in [-0.1, -0.05) is 13.8 Å². The SMILES string of the molecule is COCC(NC1CC1)(C(N)=O)C(C)C. The Morgan fingerprint density at radius 1 is 1.64 bits per heavy atom. The molecule has 1 saturated carbocycles. The number of ether oxygens (including phenoxy) is 1. The van der Waals surface area contributed by atoms with Crippen LogP contribution in [-0.2, 0) is 9.53 Å². The van der Waals surface area contributed by atoms with Crippen molar-refractivity contribution in [3.05, 3.63) is 0 Å². The summed E-state index contributed by atoms with van der Waals surface area (Å²) in [6.07, 6.45) is 2.26. The first kappa shape index (κ1) is 11.5. The number of carbonyl (C=O) groups excluding carboxylic acids is 1. The Morgan fingerprint density at radius 3 is 2.50 bits per heavy atom. The van der Waals surface area contributed by atoms with E-state index in [-0.39, 0.29) is 11.8 Å². The lowest BCUT2D eigenvalue weighted by atomic mass is 9.86. The fraction of sp³-hybridized carbons (Fsp3) is 0.900. The van der Waals surface area contributed by atoms with Crippen molar-refractivity contribution in [1.29, 1.82) is 0 Å². The largest absolute Gasteiger partial charge is 0.382 e. The molecule has 1 atom stereocenters. The molecule has 0 heterocycles. The zero-order valence-corrected chi connectivity index (χ0v) is 9.17. The number of hydrogen-bond acceptors (Lipinski definition) is 3. The average molecular weight is 200 g/mol. The van der Waals surface area contributed by atoms with Gasteiger partial charge in [-0.15, -0.1) is 0 Å². The minimum Gasteiger partial charge on any atom is -0.382 e. The van der Waals surface area contributed by atoms with Crippen molar-refractivity contribution in [2.75, 3.05) is 13.7 Å². The van der Waals surface area contributed by atoms with Crippen LogP contribution in [0.4, 0.5) is 0 Å². The van der Waals surface area contributed by atoms with Crippen LogP contribution >= 0.6 is 0 Å². The molecule has 1 unspecified atom stereocenters. The van der Waals surface area contributed by atoms with E-state index >= 15 is 0 Å². The minimum atomic E-state index is -0.698. The molecule has 0 bridgehead atoms. The molecule has 0 aromatic rings. The first-order valence-corrected chi connectivity index (χ1v) is 5.09. The highest BCUT2D eigenvalue weighted by Crippen LogP contribution is 2.26. The van der Waals surface area contributed by atoms with Crippen molar-refractivity contribution in [1.82, 2.24) is 5.32 Å². The molecule has 0 aliphatic heterocycles. The number of methoxy groups -OCH3 is 1. The zero-order chi connectivity index (χ0) is 10.8. The average Bonchev–Trinajstić information content (AvgIpc) is 2.86. The van der Waals surface area contributed by atoms with Gasteiger partial charge in [0.05, 0.1) is 6.61 Å². The van der Waals surface area contributed by atoms with Gasteiger partial charge in [0, 0.05) is 13.2 Å². The second-order valence-electron chi connectivity index (χ2n) is 4.34. The van der Waals surface area contributed by atoms with Gasteiger partial charge in [-0.2, -0.15) is 0 Å². The Morgan fingerprint density at radius 2 is 2.21 bits per heavy atom. The van der Waals surface area contributed by atoms with Gasteiger partial charge in [-0.25, -0.2) is 0 Å². The van der Waals surface area contributed by atoms with Crippen LogP contribution < -0.4 is 11.1 Å².